The van der Waals surface area contributed by atoms with Gasteiger partial charge < -0.3 is 8.83 Å². The average molecular weight is 294 g/mol. The number of rotatable bonds is 5. The van der Waals surface area contributed by atoms with E-state index >= 15 is 0 Å². The summed E-state index contributed by atoms with van der Waals surface area (Å²) in [6.45, 7) is 0. The van der Waals surface area contributed by atoms with Crippen LogP contribution in [0.4, 0.5) is 11.8 Å². The van der Waals surface area contributed by atoms with Crippen molar-refractivity contribution in [1.82, 2.24) is 5.43 Å². The van der Waals surface area contributed by atoms with E-state index in [0.717, 1.165) is 24.4 Å². The lowest BCUT2D eigenvalue weighted by atomic mass is 10.4. The number of nitrogens with zero attached hydrogens (tertiary/aromatic N) is 3. The van der Waals surface area contributed by atoms with E-state index in [1.165, 1.54) is 6.07 Å². The summed E-state index contributed by atoms with van der Waals surface area (Å²) in [4.78, 5) is 30.7. The number of nitro groups is 2. The lowest BCUT2D eigenvalue weighted by Gasteiger charge is -1.93. The number of hydrogen-bond donors (Lipinski definition) is 1. The maximum Gasteiger partial charge on any atom is 0.433 e. The fourth-order valence-electron chi connectivity index (χ4n) is 1.27. The number of hydrogen-bond acceptors (Lipinski definition) is 8. The Hall–Kier alpha value is -3.50. The molecule has 2 aromatic heterocycles. The first kappa shape index (κ1) is 13.9. The summed E-state index contributed by atoms with van der Waals surface area (Å²) in [5.41, 5.74) is 2.02. The summed E-state index contributed by atoms with van der Waals surface area (Å²) >= 11 is 0. The van der Waals surface area contributed by atoms with E-state index < -0.39 is 27.5 Å². The van der Waals surface area contributed by atoms with Gasteiger partial charge in [-0.3, -0.25) is 25.0 Å². The molecular formula is C10H6N4O7. The Kier molecular flexibility index (Phi) is 3.74. The highest BCUT2D eigenvalue weighted by Crippen LogP contribution is 2.15. The summed E-state index contributed by atoms with van der Waals surface area (Å²) < 4.78 is 9.40. The van der Waals surface area contributed by atoms with Crippen LogP contribution in [-0.2, 0) is 0 Å². The average Bonchev–Trinajstić information content (AvgIpc) is 3.07. The van der Waals surface area contributed by atoms with Gasteiger partial charge in [0, 0.05) is 0 Å². The van der Waals surface area contributed by atoms with Gasteiger partial charge in [0.15, 0.2) is 5.76 Å². The van der Waals surface area contributed by atoms with Crippen LogP contribution in [0.1, 0.15) is 16.3 Å². The summed E-state index contributed by atoms with van der Waals surface area (Å²) in [5, 5.41) is 24.2. The van der Waals surface area contributed by atoms with Crippen molar-refractivity contribution >= 4 is 23.9 Å². The largest absolute Gasteiger partial charge is 0.433 e. The molecule has 0 fully saturated rings. The van der Waals surface area contributed by atoms with Crippen LogP contribution >= 0.6 is 0 Å². The molecule has 0 aliphatic rings. The second kappa shape index (κ2) is 5.64. The fraction of sp³-hybridized carbons (Fsp3) is 0. The molecule has 2 aromatic rings. The maximum atomic E-state index is 11.5. The zero-order chi connectivity index (χ0) is 15.4. The van der Waals surface area contributed by atoms with Crippen molar-refractivity contribution in [3.8, 4) is 0 Å². The van der Waals surface area contributed by atoms with Crippen molar-refractivity contribution < 1.29 is 23.5 Å². The van der Waals surface area contributed by atoms with E-state index in [0.29, 0.717) is 0 Å². The van der Waals surface area contributed by atoms with Gasteiger partial charge in [0.25, 0.3) is 0 Å². The van der Waals surface area contributed by atoms with Crippen molar-refractivity contribution in [2.75, 3.05) is 0 Å². The van der Waals surface area contributed by atoms with Gasteiger partial charge in [-0.15, -0.1) is 0 Å². The predicted octanol–water partition coefficient (Wildman–Crippen LogP) is 1.45. The van der Waals surface area contributed by atoms with Gasteiger partial charge in [-0.1, -0.05) is 0 Å². The van der Waals surface area contributed by atoms with Crippen molar-refractivity contribution in [2.45, 2.75) is 0 Å². The molecule has 0 aromatic carbocycles. The highest BCUT2D eigenvalue weighted by molar-refractivity contribution is 5.92. The van der Waals surface area contributed by atoms with E-state index in [-0.39, 0.29) is 11.5 Å². The molecule has 0 unspecified atom stereocenters. The first-order valence-corrected chi connectivity index (χ1v) is 5.29. The number of carbonyl (C=O) groups excluding carboxylic acids is 1. The number of hydrazone groups is 1. The molecule has 11 heteroatoms. The lowest BCUT2D eigenvalue weighted by Crippen LogP contribution is -2.16. The molecule has 0 atom stereocenters. The van der Waals surface area contributed by atoms with Crippen LogP contribution in [0.2, 0.25) is 0 Å². The molecule has 0 saturated heterocycles. The van der Waals surface area contributed by atoms with E-state index in [9.17, 15) is 25.0 Å². The van der Waals surface area contributed by atoms with Gasteiger partial charge in [-0.05, 0) is 12.1 Å². The smallest absolute Gasteiger partial charge is 0.400 e. The van der Waals surface area contributed by atoms with Gasteiger partial charge in [0.05, 0.1) is 18.3 Å². The highest BCUT2D eigenvalue weighted by atomic mass is 16.7. The summed E-state index contributed by atoms with van der Waals surface area (Å²) in [6.07, 6.45) is 1.03. The van der Waals surface area contributed by atoms with Crippen LogP contribution in [0.3, 0.4) is 0 Å². The van der Waals surface area contributed by atoms with Gasteiger partial charge in [0.1, 0.15) is 9.85 Å². The molecule has 0 radical (unpaired) electrons. The Morgan fingerprint density at radius 3 is 2.29 bits per heavy atom. The van der Waals surface area contributed by atoms with E-state index in [1.54, 1.807) is 0 Å². The Bertz CT molecular complexity index is 729. The Morgan fingerprint density at radius 1 is 1.10 bits per heavy atom. The summed E-state index contributed by atoms with van der Waals surface area (Å²) in [7, 11) is 0. The van der Waals surface area contributed by atoms with Crippen LogP contribution in [-0.4, -0.2) is 22.0 Å². The third kappa shape index (κ3) is 3.28. The van der Waals surface area contributed by atoms with Gasteiger partial charge in [-0.25, -0.2) is 5.43 Å². The van der Waals surface area contributed by atoms with E-state index in [2.05, 4.69) is 9.52 Å². The van der Waals surface area contributed by atoms with E-state index in [4.69, 9.17) is 4.42 Å². The topological polar surface area (TPSA) is 154 Å². The molecule has 1 N–H and O–H groups in total. The standard InChI is InChI=1S/C10H6N4O7/c15-10(7-2-4-9(21-7)14(18)19)12-11-5-6-1-3-8(20-6)13(16)17/h1-5H,(H,12,15)/b11-5+. The maximum absolute atomic E-state index is 11.5. The molecule has 21 heavy (non-hydrogen) atoms. The Morgan fingerprint density at radius 2 is 1.71 bits per heavy atom. The lowest BCUT2D eigenvalue weighted by molar-refractivity contribution is -0.402. The SMILES string of the molecule is O=C(N/N=C/c1ccc([N+](=O)[O-])o1)c1ccc([N+](=O)[O-])o1. The molecule has 2 heterocycles. The second-order valence-electron chi connectivity index (χ2n) is 3.53. The van der Waals surface area contributed by atoms with Gasteiger partial charge >= 0.3 is 17.7 Å². The molecule has 0 spiro atoms. The Balaban J connectivity index is 1.97. The van der Waals surface area contributed by atoms with Gasteiger partial charge in [0.2, 0.25) is 5.76 Å². The minimum absolute atomic E-state index is 0.0485. The van der Waals surface area contributed by atoms with Crippen LogP contribution in [0.5, 0.6) is 0 Å². The number of furan rings is 2. The van der Waals surface area contributed by atoms with Crippen molar-refractivity contribution in [3.05, 3.63) is 56.0 Å². The zero-order valence-corrected chi connectivity index (χ0v) is 10.1. The number of carbonyl (C=O) groups is 1. The first-order chi connectivity index (χ1) is 9.97. The monoisotopic (exact) mass is 294 g/mol. The third-order valence-electron chi connectivity index (χ3n) is 2.15. The minimum atomic E-state index is -0.819. The third-order valence-corrected chi connectivity index (χ3v) is 2.15. The molecule has 2 rings (SSSR count). The molecule has 0 saturated carbocycles. The highest BCUT2D eigenvalue weighted by Gasteiger charge is 2.16. The molecule has 0 aliphatic heterocycles. The zero-order valence-electron chi connectivity index (χ0n) is 10.1. The minimum Gasteiger partial charge on any atom is -0.400 e. The second-order valence-corrected chi connectivity index (χ2v) is 3.53. The quantitative estimate of drug-likeness (QED) is 0.497. The van der Waals surface area contributed by atoms with Crippen molar-refractivity contribution in [1.29, 1.82) is 0 Å². The molecule has 1 amide bonds. The van der Waals surface area contributed by atoms with Crippen LogP contribution < -0.4 is 5.43 Å². The van der Waals surface area contributed by atoms with Crippen LogP contribution in [0.25, 0.3) is 0 Å². The Labute approximate surface area is 115 Å². The summed E-state index contributed by atoms with van der Waals surface area (Å²) in [6, 6.07) is 4.54. The first-order valence-electron chi connectivity index (χ1n) is 5.29. The molecule has 0 bridgehead atoms. The predicted molar refractivity (Wildman–Crippen MR) is 65.8 cm³/mol. The number of nitrogens with one attached hydrogen (secondary N) is 1. The van der Waals surface area contributed by atoms with Crippen molar-refractivity contribution in [2.24, 2.45) is 5.10 Å². The molecular weight excluding hydrogens is 288 g/mol. The van der Waals surface area contributed by atoms with Gasteiger partial charge in [-0.2, -0.15) is 5.10 Å². The molecule has 108 valence electrons. The summed E-state index contributed by atoms with van der Waals surface area (Å²) in [5.74, 6) is -2.12. The fourth-order valence-corrected chi connectivity index (χ4v) is 1.27. The molecule has 0 aliphatic carbocycles. The van der Waals surface area contributed by atoms with Crippen molar-refractivity contribution in [3.63, 3.8) is 0 Å². The molecule has 11 nitrogen and oxygen atoms in total. The van der Waals surface area contributed by atoms with Crippen LogP contribution in [0, 0.1) is 20.2 Å². The van der Waals surface area contributed by atoms with Crippen LogP contribution in [0.15, 0.2) is 38.2 Å². The normalized spacial score (nSPS) is 10.7. The van der Waals surface area contributed by atoms with E-state index in [1.807, 2.05) is 5.43 Å². The number of amides is 1.